The van der Waals surface area contributed by atoms with Gasteiger partial charge in [-0.15, -0.1) is 0 Å². The van der Waals surface area contributed by atoms with Crippen LogP contribution in [0.2, 0.25) is 0 Å². The van der Waals surface area contributed by atoms with E-state index in [0.717, 1.165) is 16.6 Å². The zero-order chi connectivity index (χ0) is 18.8. The number of imidazole rings is 1. The van der Waals surface area contributed by atoms with Crippen LogP contribution in [0.25, 0.3) is 11.2 Å². The topological polar surface area (TPSA) is 91.3 Å². The molecule has 0 aliphatic rings. The molecule has 3 aromatic rings. The van der Waals surface area contributed by atoms with Crippen molar-refractivity contribution in [3.8, 4) is 5.75 Å². The molecule has 0 aliphatic carbocycles. The Kier molecular flexibility index (Phi) is 4.94. The maximum atomic E-state index is 12.4. The molecule has 3 rings (SSSR count). The monoisotopic (exact) mass is 358 g/mol. The lowest BCUT2D eigenvalue weighted by molar-refractivity contribution is 0.0933. The van der Waals surface area contributed by atoms with Gasteiger partial charge in [-0.05, 0) is 24.1 Å². The lowest BCUT2D eigenvalue weighted by Gasteiger charge is -2.14. The number of nitrogens with zero attached hydrogens (tertiary/aromatic N) is 4. The summed E-state index contributed by atoms with van der Waals surface area (Å²) in [4.78, 5) is 28.5. The molecule has 0 fully saturated rings. The quantitative estimate of drug-likeness (QED) is 0.690. The predicted octanol–water partition coefficient (Wildman–Crippen LogP) is 0.436. The average molecular weight is 358 g/mol. The van der Waals surface area contributed by atoms with Crippen LogP contribution in [0.4, 0.5) is 0 Å². The van der Waals surface area contributed by atoms with E-state index < -0.39 is 17.4 Å². The summed E-state index contributed by atoms with van der Waals surface area (Å²) in [6.45, 7) is 2.28. The number of hydrogen-bond donors (Lipinski definition) is 1. The van der Waals surface area contributed by atoms with Gasteiger partial charge in [-0.1, -0.05) is 19.1 Å². The van der Waals surface area contributed by atoms with Gasteiger partial charge in [-0.2, -0.15) is 0 Å². The minimum Gasteiger partial charge on any atom is -0.491 e. The van der Waals surface area contributed by atoms with Crippen molar-refractivity contribution in [3.63, 3.8) is 0 Å². The summed E-state index contributed by atoms with van der Waals surface area (Å²) in [6.07, 6.45) is 1.52. The molecule has 8 nitrogen and oxygen atoms in total. The Morgan fingerprint density at radius 3 is 2.73 bits per heavy atom. The molecule has 1 N–H and O–H groups in total. The van der Waals surface area contributed by atoms with E-state index in [2.05, 4.69) is 11.9 Å². The van der Waals surface area contributed by atoms with Gasteiger partial charge in [0.05, 0.1) is 12.9 Å². The standard InChI is InChI=1S/C18H22N4O4/c1-4-12-6-5-7-14(8-12)26-10-13(23)9-22-11-19-16-15(22)17(24)21(3)18(25)20(16)2/h5-8,11,13,23H,4,9-10H2,1-3H3/t13-/m0/s1. The molecule has 0 unspecified atom stereocenters. The van der Waals surface area contributed by atoms with Crippen molar-refractivity contribution in [1.82, 2.24) is 18.7 Å². The summed E-state index contributed by atoms with van der Waals surface area (Å²) in [6, 6.07) is 7.70. The van der Waals surface area contributed by atoms with Gasteiger partial charge >= 0.3 is 5.69 Å². The van der Waals surface area contributed by atoms with Crippen molar-refractivity contribution in [2.45, 2.75) is 26.0 Å². The van der Waals surface area contributed by atoms with Gasteiger partial charge in [0.15, 0.2) is 11.2 Å². The Bertz CT molecular complexity index is 1050. The molecule has 0 saturated carbocycles. The van der Waals surface area contributed by atoms with Crippen LogP contribution in [-0.2, 0) is 27.1 Å². The first-order valence-corrected chi connectivity index (χ1v) is 8.43. The van der Waals surface area contributed by atoms with Gasteiger partial charge in [0.1, 0.15) is 18.5 Å². The van der Waals surface area contributed by atoms with E-state index in [1.54, 1.807) is 11.6 Å². The summed E-state index contributed by atoms with van der Waals surface area (Å²) < 4.78 is 9.53. The van der Waals surface area contributed by atoms with Crippen LogP contribution >= 0.6 is 0 Å². The molecule has 1 atom stereocenters. The van der Waals surface area contributed by atoms with Gasteiger partial charge in [0.25, 0.3) is 5.56 Å². The third-order valence-electron chi connectivity index (χ3n) is 4.37. The van der Waals surface area contributed by atoms with Gasteiger partial charge in [-0.25, -0.2) is 9.78 Å². The second kappa shape index (κ2) is 7.17. The molecule has 0 radical (unpaired) electrons. The summed E-state index contributed by atoms with van der Waals surface area (Å²) in [5.41, 5.74) is 0.849. The first-order valence-electron chi connectivity index (χ1n) is 8.43. The molecule has 0 saturated heterocycles. The van der Waals surface area contributed by atoms with E-state index >= 15 is 0 Å². The third-order valence-corrected chi connectivity index (χ3v) is 4.37. The number of aliphatic hydroxyl groups is 1. The molecular formula is C18H22N4O4. The van der Waals surface area contributed by atoms with E-state index in [1.807, 2.05) is 24.3 Å². The van der Waals surface area contributed by atoms with Crippen molar-refractivity contribution in [2.75, 3.05) is 6.61 Å². The van der Waals surface area contributed by atoms with Crippen molar-refractivity contribution < 1.29 is 9.84 Å². The van der Waals surface area contributed by atoms with Crippen LogP contribution in [0.1, 0.15) is 12.5 Å². The van der Waals surface area contributed by atoms with Crippen molar-refractivity contribution in [1.29, 1.82) is 0 Å². The molecule has 2 heterocycles. The van der Waals surface area contributed by atoms with Crippen LogP contribution in [0.15, 0.2) is 40.2 Å². The summed E-state index contributed by atoms with van der Waals surface area (Å²) >= 11 is 0. The maximum Gasteiger partial charge on any atom is 0.332 e. The van der Waals surface area contributed by atoms with Gasteiger partial charge in [0.2, 0.25) is 0 Å². The highest BCUT2D eigenvalue weighted by atomic mass is 16.5. The Hall–Kier alpha value is -2.87. The van der Waals surface area contributed by atoms with E-state index in [4.69, 9.17) is 4.74 Å². The molecule has 2 aromatic heterocycles. The largest absolute Gasteiger partial charge is 0.491 e. The highest BCUT2D eigenvalue weighted by molar-refractivity contribution is 5.69. The Balaban J connectivity index is 1.78. The number of hydrogen-bond acceptors (Lipinski definition) is 5. The Morgan fingerprint density at radius 2 is 2.00 bits per heavy atom. The van der Waals surface area contributed by atoms with E-state index in [9.17, 15) is 14.7 Å². The Morgan fingerprint density at radius 1 is 1.23 bits per heavy atom. The second-order valence-electron chi connectivity index (χ2n) is 6.24. The van der Waals surface area contributed by atoms with Crippen LogP contribution in [0, 0.1) is 0 Å². The number of aliphatic hydroxyl groups excluding tert-OH is 1. The Labute approximate surface area is 149 Å². The highest BCUT2D eigenvalue weighted by Crippen LogP contribution is 2.14. The summed E-state index contributed by atoms with van der Waals surface area (Å²) in [5.74, 6) is 0.692. The molecule has 138 valence electrons. The lowest BCUT2D eigenvalue weighted by atomic mass is 10.2. The number of ether oxygens (including phenoxy) is 1. The molecule has 0 spiro atoms. The van der Waals surface area contributed by atoms with E-state index in [-0.39, 0.29) is 18.7 Å². The first-order chi connectivity index (χ1) is 12.4. The lowest BCUT2D eigenvalue weighted by Crippen LogP contribution is -2.38. The van der Waals surface area contributed by atoms with E-state index in [0.29, 0.717) is 11.4 Å². The zero-order valence-corrected chi connectivity index (χ0v) is 15.0. The highest BCUT2D eigenvalue weighted by Gasteiger charge is 2.16. The van der Waals surface area contributed by atoms with Crippen molar-refractivity contribution in [3.05, 3.63) is 57.0 Å². The molecule has 0 aliphatic heterocycles. The van der Waals surface area contributed by atoms with Gasteiger partial charge in [-0.3, -0.25) is 13.9 Å². The fourth-order valence-electron chi connectivity index (χ4n) is 2.86. The van der Waals surface area contributed by atoms with Crippen LogP contribution in [-0.4, -0.2) is 36.5 Å². The molecule has 8 heteroatoms. The molecule has 26 heavy (non-hydrogen) atoms. The second-order valence-corrected chi connectivity index (χ2v) is 6.24. The predicted molar refractivity (Wildman–Crippen MR) is 97.5 cm³/mol. The number of benzene rings is 1. The van der Waals surface area contributed by atoms with Crippen molar-refractivity contribution in [2.24, 2.45) is 14.1 Å². The molecule has 1 aromatic carbocycles. The summed E-state index contributed by atoms with van der Waals surface area (Å²) in [5, 5.41) is 10.3. The smallest absolute Gasteiger partial charge is 0.332 e. The third kappa shape index (κ3) is 3.28. The molecule has 0 bridgehead atoms. The van der Waals surface area contributed by atoms with Crippen LogP contribution in [0.3, 0.4) is 0 Å². The normalized spacial score (nSPS) is 12.5. The minimum absolute atomic E-state index is 0.0823. The summed E-state index contributed by atoms with van der Waals surface area (Å²) in [7, 11) is 2.98. The molecular weight excluding hydrogens is 336 g/mol. The SMILES string of the molecule is CCc1cccc(OC[C@@H](O)Cn2cnc3c2c(=O)n(C)c(=O)n3C)c1. The number of fused-ring (bicyclic) bond motifs is 1. The van der Waals surface area contributed by atoms with E-state index in [1.165, 1.54) is 17.9 Å². The number of aromatic nitrogens is 4. The van der Waals surface area contributed by atoms with Crippen LogP contribution < -0.4 is 16.0 Å². The fourth-order valence-corrected chi connectivity index (χ4v) is 2.86. The number of aryl methyl sites for hydroxylation is 2. The maximum absolute atomic E-state index is 12.4. The fraction of sp³-hybridized carbons (Fsp3) is 0.389. The van der Waals surface area contributed by atoms with Gasteiger partial charge in [0, 0.05) is 14.1 Å². The average Bonchev–Trinajstić information content (AvgIpc) is 3.06. The number of rotatable bonds is 6. The first kappa shape index (κ1) is 17.9. The van der Waals surface area contributed by atoms with Crippen molar-refractivity contribution >= 4 is 11.2 Å². The minimum atomic E-state index is -0.834. The molecule has 0 amide bonds. The van der Waals surface area contributed by atoms with Gasteiger partial charge < -0.3 is 14.4 Å². The zero-order valence-electron chi connectivity index (χ0n) is 15.0. The van der Waals surface area contributed by atoms with Crippen LogP contribution in [0.5, 0.6) is 5.75 Å².